The maximum absolute atomic E-state index is 13.0. The van der Waals surface area contributed by atoms with Crippen LogP contribution in [-0.2, 0) is 9.63 Å². The zero-order valence-electron chi connectivity index (χ0n) is 18.6. The van der Waals surface area contributed by atoms with E-state index < -0.39 is 24.2 Å². The molecule has 2 heterocycles. The van der Waals surface area contributed by atoms with Crippen LogP contribution in [0.4, 0.5) is 18.9 Å². The van der Waals surface area contributed by atoms with Crippen molar-refractivity contribution >= 4 is 46.8 Å². The van der Waals surface area contributed by atoms with E-state index in [0.29, 0.717) is 22.1 Å². The lowest BCUT2D eigenvalue weighted by atomic mass is 10.1. The summed E-state index contributed by atoms with van der Waals surface area (Å²) in [5, 5.41) is 2.96. The third kappa shape index (κ3) is 5.12. The van der Waals surface area contributed by atoms with Gasteiger partial charge in [-0.15, -0.1) is 0 Å². The average Bonchev–Trinajstić information content (AvgIpc) is 3.24. The number of carbonyl (C=O) groups is 2. The number of hydrogen-bond donors (Lipinski definition) is 1. The van der Waals surface area contributed by atoms with E-state index in [1.807, 2.05) is 13.1 Å². The van der Waals surface area contributed by atoms with Crippen LogP contribution in [0.25, 0.3) is 11.8 Å². The number of alkyl halides is 3. The van der Waals surface area contributed by atoms with Gasteiger partial charge in [-0.05, 0) is 42.8 Å². The van der Waals surface area contributed by atoms with E-state index in [1.165, 1.54) is 31.4 Å². The van der Waals surface area contributed by atoms with E-state index in [1.54, 1.807) is 29.1 Å². The predicted octanol–water partition coefficient (Wildman–Crippen LogP) is 5.11. The van der Waals surface area contributed by atoms with Gasteiger partial charge >= 0.3 is 12.1 Å². The van der Waals surface area contributed by atoms with Crippen molar-refractivity contribution in [1.82, 2.24) is 14.9 Å². The van der Waals surface area contributed by atoms with E-state index >= 15 is 0 Å². The molecule has 188 valence electrons. The van der Waals surface area contributed by atoms with Gasteiger partial charge in [-0.1, -0.05) is 35.3 Å². The van der Waals surface area contributed by atoms with Gasteiger partial charge in [0.15, 0.2) is 6.17 Å². The van der Waals surface area contributed by atoms with Crippen molar-refractivity contribution in [3.8, 4) is 11.4 Å². The van der Waals surface area contributed by atoms with Crippen LogP contribution in [0.1, 0.15) is 21.6 Å². The van der Waals surface area contributed by atoms with Gasteiger partial charge in [0, 0.05) is 11.2 Å². The van der Waals surface area contributed by atoms with E-state index in [4.69, 9.17) is 27.9 Å². The molecular weight excluding hydrogens is 524 g/mol. The SMILES string of the molecule is COc1cc(C=CC2NC(=O)c3c(Cl)cc(Cl)cc3N2OC(=O)C(F)(F)F)ccc1-n1cnc(C)c1. The van der Waals surface area contributed by atoms with E-state index in [0.717, 1.165) is 5.69 Å². The van der Waals surface area contributed by atoms with Crippen molar-refractivity contribution in [2.24, 2.45) is 0 Å². The van der Waals surface area contributed by atoms with Gasteiger partial charge in [0.2, 0.25) is 0 Å². The van der Waals surface area contributed by atoms with Crippen molar-refractivity contribution in [1.29, 1.82) is 0 Å². The van der Waals surface area contributed by atoms with Crippen LogP contribution in [0.2, 0.25) is 10.0 Å². The van der Waals surface area contributed by atoms with Gasteiger partial charge in [-0.3, -0.25) is 4.79 Å². The number of hydrogen-bond acceptors (Lipinski definition) is 6. The van der Waals surface area contributed by atoms with E-state index in [2.05, 4.69) is 15.1 Å². The lowest BCUT2D eigenvalue weighted by molar-refractivity contribution is -0.202. The van der Waals surface area contributed by atoms with Crippen LogP contribution in [0.15, 0.2) is 48.9 Å². The Hall–Kier alpha value is -3.70. The Morgan fingerprint density at radius 3 is 2.58 bits per heavy atom. The Balaban J connectivity index is 1.70. The van der Waals surface area contributed by atoms with Gasteiger partial charge in [-0.25, -0.2) is 9.78 Å². The number of ether oxygens (including phenoxy) is 1. The number of aryl methyl sites for hydroxylation is 1. The molecule has 36 heavy (non-hydrogen) atoms. The van der Waals surface area contributed by atoms with Gasteiger partial charge in [-0.2, -0.15) is 18.2 Å². The van der Waals surface area contributed by atoms with Crippen LogP contribution in [0, 0.1) is 6.92 Å². The summed E-state index contributed by atoms with van der Waals surface area (Å²) in [7, 11) is 1.49. The summed E-state index contributed by atoms with van der Waals surface area (Å²) >= 11 is 12.1. The first-order valence-corrected chi connectivity index (χ1v) is 11.0. The van der Waals surface area contributed by atoms with Crippen LogP contribution in [0.3, 0.4) is 0 Å². The lowest BCUT2D eigenvalue weighted by Crippen LogP contribution is -2.53. The first kappa shape index (κ1) is 25.4. The zero-order chi connectivity index (χ0) is 26.2. The largest absolute Gasteiger partial charge is 0.495 e. The minimum Gasteiger partial charge on any atom is -0.495 e. The number of anilines is 1. The molecule has 1 N–H and O–H groups in total. The molecule has 1 aliphatic rings. The van der Waals surface area contributed by atoms with Crippen molar-refractivity contribution in [2.75, 3.05) is 12.2 Å². The van der Waals surface area contributed by atoms with Crippen LogP contribution >= 0.6 is 23.2 Å². The van der Waals surface area contributed by atoms with Crippen LogP contribution in [0.5, 0.6) is 5.75 Å². The van der Waals surface area contributed by atoms with Crippen molar-refractivity contribution in [3.05, 3.63) is 75.8 Å². The van der Waals surface area contributed by atoms with Crippen LogP contribution < -0.4 is 15.1 Å². The zero-order valence-corrected chi connectivity index (χ0v) is 20.1. The minimum absolute atomic E-state index is 0.0271. The molecule has 0 saturated heterocycles. The lowest BCUT2D eigenvalue weighted by Gasteiger charge is -2.35. The molecule has 0 bridgehead atoms. The number of halogens is 5. The van der Waals surface area contributed by atoms with Crippen LogP contribution in [-0.4, -0.2) is 40.9 Å². The predicted molar refractivity (Wildman–Crippen MR) is 126 cm³/mol. The molecule has 13 heteroatoms. The monoisotopic (exact) mass is 540 g/mol. The summed E-state index contributed by atoms with van der Waals surface area (Å²) in [5.41, 5.74) is 1.70. The molecule has 1 unspecified atom stereocenters. The van der Waals surface area contributed by atoms with Crippen molar-refractivity contribution in [3.63, 3.8) is 0 Å². The van der Waals surface area contributed by atoms with Gasteiger partial charge in [0.1, 0.15) is 5.75 Å². The highest BCUT2D eigenvalue weighted by Gasteiger charge is 2.45. The molecule has 0 fully saturated rings. The van der Waals surface area contributed by atoms with E-state index in [-0.39, 0.29) is 21.3 Å². The summed E-state index contributed by atoms with van der Waals surface area (Å²) < 4.78 is 46.2. The minimum atomic E-state index is -5.28. The molecular formula is C23H17Cl2F3N4O4. The maximum Gasteiger partial charge on any atom is 0.493 e. The number of rotatable bonds is 5. The normalized spacial score (nSPS) is 15.6. The highest BCUT2D eigenvalue weighted by Crippen LogP contribution is 2.36. The van der Waals surface area contributed by atoms with Gasteiger partial charge in [0.25, 0.3) is 5.91 Å². The fourth-order valence-corrected chi connectivity index (χ4v) is 4.08. The number of nitrogens with zero attached hydrogens (tertiary/aromatic N) is 3. The van der Waals surface area contributed by atoms with Crippen molar-refractivity contribution in [2.45, 2.75) is 19.3 Å². The maximum atomic E-state index is 13.0. The smallest absolute Gasteiger partial charge is 0.493 e. The van der Waals surface area contributed by atoms with Gasteiger partial charge in [0.05, 0.1) is 41.1 Å². The summed E-state index contributed by atoms with van der Waals surface area (Å²) in [4.78, 5) is 33.1. The molecule has 0 aliphatic carbocycles. The Morgan fingerprint density at radius 1 is 1.19 bits per heavy atom. The third-order valence-corrected chi connectivity index (χ3v) is 5.62. The van der Waals surface area contributed by atoms with E-state index in [9.17, 15) is 22.8 Å². The Morgan fingerprint density at radius 2 is 1.94 bits per heavy atom. The molecule has 8 nitrogen and oxygen atoms in total. The number of carbonyl (C=O) groups excluding carboxylic acids is 2. The number of benzene rings is 2. The highest BCUT2D eigenvalue weighted by molar-refractivity contribution is 6.38. The second-order valence-corrected chi connectivity index (χ2v) is 8.46. The standard InChI is InChI=1S/C23H17Cl2F3N4O4/c1-12-10-31(11-29-12)16-5-3-13(7-18(16)35-2)4-6-19-30-21(33)20-15(25)8-14(24)9-17(20)32(19)36-22(34)23(26,27)28/h3-11,19H,1-2H3,(H,30,33). The highest BCUT2D eigenvalue weighted by atomic mass is 35.5. The first-order valence-electron chi connectivity index (χ1n) is 10.2. The molecule has 1 atom stereocenters. The Bertz CT molecular complexity index is 1370. The Kier molecular flexibility index (Phi) is 6.87. The molecule has 0 radical (unpaired) electrons. The molecule has 3 aromatic rings. The number of fused-ring (bicyclic) bond motifs is 1. The molecule has 1 aromatic heterocycles. The average molecular weight is 541 g/mol. The molecule has 2 aromatic carbocycles. The number of aromatic nitrogens is 2. The summed E-state index contributed by atoms with van der Waals surface area (Å²) in [6.07, 6.45) is -0.302. The molecule has 1 aliphatic heterocycles. The molecule has 4 rings (SSSR count). The number of methoxy groups -OCH3 is 1. The van der Waals surface area contributed by atoms with Gasteiger partial charge < -0.3 is 19.5 Å². The second kappa shape index (κ2) is 9.75. The molecule has 0 spiro atoms. The second-order valence-electron chi connectivity index (χ2n) is 7.62. The summed E-state index contributed by atoms with van der Waals surface area (Å²) in [5.74, 6) is -2.68. The first-order chi connectivity index (χ1) is 17.0. The fraction of sp³-hybridized carbons (Fsp3) is 0.174. The fourth-order valence-electron chi connectivity index (χ4n) is 3.51. The number of imidazole rings is 1. The number of hydroxylamine groups is 1. The summed E-state index contributed by atoms with van der Waals surface area (Å²) in [6, 6.07) is 7.59. The van der Waals surface area contributed by atoms with Crippen molar-refractivity contribution < 1.29 is 32.3 Å². The third-order valence-electron chi connectivity index (χ3n) is 5.11. The number of amides is 1. The topological polar surface area (TPSA) is 85.7 Å². The molecule has 0 saturated carbocycles. The quantitative estimate of drug-likeness (QED) is 0.484. The Labute approximate surface area is 212 Å². The molecule has 1 amide bonds. The number of nitrogens with one attached hydrogen (secondary N) is 1. The summed E-state index contributed by atoms with van der Waals surface area (Å²) in [6.45, 7) is 1.84.